The fourth-order valence-corrected chi connectivity index (χ4v) is 4.76. The van der Waals surface area contributed by atoms with Crippen LogP contribution in [0, 0.1) is 11.8 Å². The number of aliphatic hydroxyl groups excluding tert-OH is 3. The van der Waals surface area contributed by atoms with Crippen molar-refractivity contribution in [1.29, 1.82) is 0 Å². The topological polar surface area (TPSA) is 111 Å². The van der Waals surface area contributed by atoms with Gasteiger partial charge in [-0.3, -0.25) is 4.79 Å². The summed E-state index contributed by atoms with van der Waals surface area (Å²) in [5.41, 5.74) is -0.722. The smallest absolute Gasteiger partial charge is 0.247 e. The fraction of sp³-hybridized carbons (Fsp3) is 0.950. The number of alkyl halides is 2. The number of hydrogen-bond acceptors (Lipinski definition) is 7. The summed E-state index contributed by atoms with van der Waals surface area (Å²) in [6, 6.07) is -1.09. The highest BCUT2D eigenvalue weighted by Crippen LogP contribution is 2.31. The third kappa shape index (κ3) is 6.26. The van der Waals surface area contributed by atoms with E-state index in [1.165, 1.54) is 18.7 Å². The molecule has 10 heteroatoms. The van der Waals surface area contributed by atoms with Crippen LogP contribution >= 0.6 is 11.8 Å². The summed E-state index contributed by atoms with van der Waals surface area (Å²) in [5.74, 6) is -3.06. The van der Waals surface area contributed by atoms with Crippen LogP contribution in [-0.2, 0) is 9.53 Å². The Morgan fingerprint density at radius 1 is 1.27 bits per heavy atom. The predicted molar refractivity (Wildman–Crippen MR) is 111 cm³/mol. The number of ether oxygens (including phenoxy) is 1. The van der Waals surface area contributed by atoms with Gasteiger partial charge in [0.15, 0.2) is 0 Å². The van der Waals surface area contributed by atoms with Crippen LogP contribution in [0.25, 0.3) is 0 Å². The van der Waals surface area contributed by atoms with Crippen molar-refractivity contribution in [2.75, 3.05) is 12.8 Å². The van der Waals surface area contributed by atoms with E-state index in [1.54, 1.807) is 6.26 Å². The standard InChI is InChI=1S/C20H36F2N2O5S/c1-5-20(21,22)7-6-11-8-12(23-9-11)18(28)24-13(10(2)3)17-15(26)14(25)16(27)19(29-17)30-4/h10-17,19,23,25-27H,5-9H2,1-4H3,(H,24,28)/t11-,12+,13-,14+,15-,16-,17-,19-/m1/s1. The lowest BCUT2D eigenvalue weighted by atomic mass is 9.88. The van der Waals surface area contributed by atoms with Crippen molar-refractivity contribution in [3.63, 3.8) is 0 Å². The molecule has 0 aromatic heterocycles. The summed E-state index contributed by atoms with van der Waals surface area (Å²) < 4.78 is 32.8. The number of thioether (sulfide) groups is 1. The Kier molecular flexibility index (Phi) is 9.33. The zero-order valence-electron chi connectivity index (χ0n) is 18.1. The van der Waals surface area contributed by atoms with E-state index in [0.717, 1.165) is 0 Å². The molecule has 0 unspecified atom stereocenters. The summed E-state index contributed by atoms with van der Waals surface area (Å²) in [6.45, 7) is 5.70. The van der Waals surface area contributed by atoms with Gasteiger partial charge >= 0.3 is 0 Å². The van der Waals surface area contributed by atoms with Crippen LogP contribution in [-0.4, -0.2) is 81.9 Å². The van der Waals surface area contributed by atoms with E-state index < -0.39 is 47.9 Å². The molecule has 0 aliphatic carbocycles. The monoisotopic (exact) mass is 454 g/mol. The van der Waals surface area contributed by atoms with Gasteiger partial charge in [-0.25, -0.2) is 8.78 Å². The van der Waals surface area contributed by atoms with Gasteiger partial charge in [0.2, 0.25) is 11.8 Å². The lowest BCUT2D eigenvalue weighted by Gasteiger charge is -2.44. The van der Waals surface area contributed by atoms with Crippen molar-refractivity contribution in [2.24, 2.45) is 11.8 Å². The van der Waals surface area contributed by atoms with Crippen LogP contribution < -0.4 is 10.6 Å². The number of aliphatic hydroxyl groups is 3. The molecular weight excluding hydrogens is 418 g/mol. The molecule has 0 saturated carbocycles. The van der Waals surface area contributed by atoms with E-state index in [9.17, 15) is 28.9 Å². The highest BCUT2D eigenvalue weighted by Gasteiger charge is 2.47. The van der Waals surface area contributed by atoms with Gasteiger partial charge in [0.1, 0.15) is 29.9 Å². The van der Waals surface area contributed by atoms with Gasteiger partial charge < -0.3 is 30.7 Å². The lowest BCUT2D eigenvalue weighted by Crippen LogP contribution is -2.64. The Morgan fingerprint density at radius 3 is 2.50 bits per heavy atom. The van der Waals surface area contributed by atoms with Crippen molar-refractivity contribution < 1.29 is 33.6 Å². The Morgan fingerprint density at radius 2 is 1.93 bits per heavy atom. The highest BCUT2D eigenvalue weighted by atomic mass is 32.2. The molecule has 0 spiro atoms. The molecule has 2 heterocycles. The number of carbonyl (C=O) groups excluding carboxylic acids is 1. The van der Waals surface area contributed by atoms with Crippen LogP contribution in [0.3, 0.4) is 0 Å². The van der Waals surface area contributed by atoms with Gasteiger partial charge in [0.25, 0.3) is 0 Å². The molecule has 0 radical (unpaired) electrons. The first-order valence-corrected chi connectivity index (χ1v) is 11.9. The van der Waals surface area contributed by atoms with E-state index in [4.69, 9.17) is 4.74 Å². The normalized spacial score (nSPS) is 36.1. The average molecular weight is 455 g/mol. The van der Waals surface area contributed by atoms with Gasteiger partial charge in [-0.1, -0.05) is 20.8 Å². The number of halogens is 2. The Labute approximate surface area is 181 Å². The molecule has 2 saturated heterocycles. The minimum absolute atomic E-state index is 0.00466. The van der Waals surface area contributed by atoms with E-state index >= 15 is 0 Å². The van der Waals surface area contributed by atoms with Gasteiger partial charge in [-0.05, 0) is 37.5 Å². The Hall–Kier alpha value is -0.520. The van der Waals surface area contributed by atoms with E-state index in [1.807, 2.05) is 13.8 Å². The number of nitrogens with one attached hydrogen (secondary N) is 2. The quantitative estimate of drug-likeness (QED) is 0.355. The molecule has 8 atom stereocenters. The summed E-state index contributed by atoms with van der Waals surface area (Å²) in [5, 5.41) is 36.7. The SMILES string of the molecule is CCC(F)(F)CC[C@H]1CN[C@H](C(=O)N[C@H](C(C)C)[C@H]2O[C@H](SC)[C@H](O)[C@@H](O)[C@H]2O)C1. The fourth-order valence-electron chi connectivity index (χ4n) is 4.08. The molecule has 2 aliphatic heterocycles. The second-order valence-corrected chi connectivity index (χ2v) is 9.70. The van der Waals surface area contributed by atoms with Gasteiger partial charge in [-0.2, -0.15) is 0 Å². The number of rotatable bonds is 9. The molecule has 176 valence electrons. The molecule has 7 nitrogen and oxygen atoms in total. The molecular formula is C20H36F2N2O5S. The largest absolute Gasteiger partial charge is 0.388 e. The van der Waals surface area contributed by atoms with Crippen LogP contribution in [0.15, 0.2) is 0 Å². The minimum Gasteiger partial charge on any atom is -0.388 e. The van der Waals surface area contributed by atoms with Crippen molar-refractivity contribution in [3.8, 4) is 0 Å². The maximum Gasteiger partial charge on any atom is 0.247 e. The second kappa shape index (κ2) is 10.9. The van der Waals surface area contributed by atoms with E-state index in [0.29, 0.717) is 19.4 Å². The lowest BCUT2D eigenvalue weighted by molar-refractivity contribution is -0.208. The van der Waals surface area contributed by atoms with Crippen LogP contribution in [0.5, 0.6) is 0 Å². The van der Waals surface area contributed by atoms with Crippen molar-refractivity contribution in [3.05, 3.63) is 0 Å². The highest BCUT2D eigenvalue weighted by molar-refractivity contribution is 7.99. The maximum atomic E-state index is 13.5. The molecule has 1 amide bonds. The average Bonchev–Trinajstić information content (AvgIpc) is 3.18. The zero-order chi connectivity index (χ0) is 22.6. The molecule has 5 N–H and O–H groups in total. The first-order valence-electron chi connectivity index (χ1n) is 10.6. The third-order valence-corrected chi connectivity index (χ3v) is 7.05. The molecule has 0 aromatic rings. The maximum absolute atomic E-state index is 13.5. The Bertz CT molecular complexity index is 569. The zero-order valence-corrected chi connectivity index (χ0v) is 18.9. The van der Waals surface area contributed by atoms with Crippen LogP contribution in [0.1, 0.15) is 46.5 Å². The number of hydrogen-bond donors (Lipinski definition) is 5. The van der Waals surface area contributed by atoms with Crippen molar-refractivity contribution in [2.45, 2.75) is 94.3 Å². The van der Waals surface area contributed by atoms with E-state index in [2.05, 4.69) is 10.6 Å². The first-order chi connectivity index (χ1) is 14.0. The third-order valence-electron chi connectivity index (χ3n) is 6.19. The van der Waals surface area contributed by atoms with Crippen LogP contribution in [0.4, 0.5) is 8.78 Å². The summed E-state index contributed by atoms with van der Waals surface area (Å²) in [7, 11) is 0. The molecule has 0 aromatic carbocycles. The molecule has 2 rings (SSSR count). The van der Waals surface area contributed by atoms with Crippen LogP contribution in [0.2, 0.25) is 0 Å². The van der Waals surface area contributed by atoms with Gasteiger partial charge in [0.05, 0.1) is 12.1 Å². The molecule has 30 heavy (non-hydrogen) atoms. The number of carbonyl (C=O) groups is 1. The van der Waals surface area contributed by atoms with Crippen molar-refractivity contribution in [1.82, 2.24) is 10.6 Å². The van der Waals surface area contributed by atoms with E-state index in [-0.39, 0.29) is 30.6 Å². The Balaban J connectivity index is 1.97. The molecule has 0 bridgehead atoms. The number of amides is 1. The summed E-state index contributed by atoms with van der Waals surface area (Å²) in [4.78, 5) is 12.8. The van der Waals surface area contributed by atoms with Crippen molar-refractivity contribution >= 4 is 17.7 Å². The van der Waals surface area contributed by atoms with Gasteiger partial charge in [-0.15, -0.1) is 11.8 Å². The molecule has 2 aliphatic rings. The molecule has 2 fully saturated rings. The first kappa shape index (κ1) is 25.7. The summed E-state index contributed by atoms with van der Waals surface area (Å²) >= 11 is 1.22. The predicted octanol–water partition coefficient (Wildman–Crippen LogP) is 1.10. The summed E-state index contributed by atoms with van der Waals surface area (Å²) in [6.07, 6.45) is -2.66. The van der Waals surface area contributed by atoms with Gasteiger partial charge in [0, 0.05) is 12.8 Å². The second-order valence-electron chi connectivity index (χ2n) is 8.77. The minimum atomic E-state index is -2.67.